The lowest BCUT2D eigenvalue weighted by Crippen LogP contribution is -2.50. The molecule has 0 aromatic heterocycles. The minimum absolute atomic E-state index is 0.00406. The standard InChI is InChI=1S/C36H73N8O14PS/c1-7-59(50,60-6)58-36(4,5)14-18-54-35(2,3)13-12-32(47)44-29(34(49)42-17-21-53-24-27-57-39)9-11-31(46)43-28(33(48)41-16-20-52-23-26-56-38)8-10-30(45)40-15-19-51-22-25-55-37/h28-29H,7-27,37-39H2,1-6H3,(H,40,45)(H,41,48)(H,42,49)(H,43,46)(H,44,47). The number of hydrogen-bond donors (Lipinski definition) is 8. The molecule has 0 heterocycles. The summed E-state index contributed by atoms with van der Waals surface area (Å²) in [7, 11) is 0. The second-order valence-corrected chi connectivity index (χ2v) is 19.7. The summed E-state index contributed by atoms with van der Waals surface area (Å²) in [6.07, 6.45) is 2.45. The molecular weight excluding hydrogens is 831 g/mol. The Morgan fingerprint density at radius 3 is 1.45 bits per heavy atom. The molecule has 22 nitrogen and oxygen atoms in total. The molecule has 0 saturated carbocycles. The monoisotopic (exact) mass is 904 g/mol. The van der Waals surface area contributed by atoms with E-state index in [0.29, 0.717) is 25.6 Å². The predicted molar refractivity (Wildman–Crippen MR) is 225 cm³/mol. The Morgan fingerprint density at radius 1 is 0.583 bits per heavy atom. The fraction of sp³-hybridized carbons (Fsp3) is 0.861. The Kier molecular flexibility index (Phi) is 32.6. The molecule has 0 aliphatic carbocycles. The Labute approximate surface area is 358 Å². The summed E-state index contributed by atoms with van der Waals surface area (Å²) >= 11 is 1.22. The molecule has 5 amide bonds. The summed E-state index contributed by atoms with van der Waals surface area (Å²) in [6.45, 7) is 8.82. The second kappa shape index (κ2) is 34.0. The van der Waals surface area contributed by atoms with Gasteiger partial charge in [-0.15, -0.1) is 0 Å². The third-order valence-corrected chi connectivity index (χ3v) is 13.3. The van der Waals surface area contributed by atoms with Crippen molar-refractivity contribution in [2.75, 3.05) is 98.1 Å². The largest absolute Gasteiger partial charge is 0.377 e. The summed E-state index contributed by atoms with van der Waals surface area (Å²) in [5.74, 6) is 12.4. The summed E-state index contributed by atoms with van der Waals surface area (Å²) < 4.78 is 40.8. The number of carbonyl (C=O) groups is 5. The normalized spacial score (nSPS) is 13.8. The lowest BCUT2D eigenvalue weighted by molar-refractivity contribution is -0.132. The molecule has 3 atom stereocenters. The van der Waals surface area contributed by atoms with Crippen LogP contribution in [0.5, 0.6) is 0 Å². The molecule has 0 rings (SSSR count). The van der Waals surface area contributed by atoms with Gasteiger partial charge in [-0.05, 0) is 59.6 Å². The first kappa shape index (κ1) is 57.5. The van der Waals surface area contributed by atoms with E-state index in [2.05, 4.69) is 41.1 Å². The van der Waals surface area contributed by atoms with E-state index in [1.807, 2.05) is 34.6 Å². The lowest BCUT2D eigenvalue weighted by Gasteiger charge is -2.31. The summed E-state index contributed by atoms with van der Waals surface area (Å²) in [5.41, 5.74) is -1.42. The minimum Gasteiger partial charge on any atom is -0.377 e. The van der Waals surface area contributed by atoms with Crippen LogP contribution in [-0.4, -0.2) is 151 Å². The highest BCUT2D eigenvalue weighted by atomic mass is 32.7. The summed E-state index contributed by atoms with van der Waals surface area (Å²) in [4.78, 5) is 78.7. The fourth-order valence-corrected chi connectivity index (χ4v) is 7.96. The van der Waals surface area contributed by atoms with E-state index < -0.39 is 53.5 Å². The van der Waals surface area contributed by atoms with Gasteiger partial charge >= 0.3 is 0 Å². The molecule has 3 unspecified atom stereocenters. The van der Waals surface area contributed by atoms with Crippen LogP contribution in [0.25, 0.3) is 0 Å². The van der Waals surface area contributed by atoms with Gasteiger partial charge in [0.1, 0.15) is 12.1 Å². The molecule has 0 aliphatic rings. The maximum Gasteiger partial charge on any atom is 0.257 e. The van der Waals surface area contributed by atoms with Crippen molar-refractivity contribution in [3.05, 3.63) is 0 Å². The molecule has 352 valence electrons. The van der Waals surface area contributed by atoms with E-state index in [1.165, 1.54) is 11.4 Å². The Morgan fingerprint density at radius 2 is 1.02 bits per heavy atom. The average Bonchev–Trinajstić information content (AvgIpc) is 3.20. The molecule has 0 aliphatic heterocycles. The van der Waals surface area contributed by atoms with Crippen molar-refractivity contribution >= 4 is 47.5 Å². The zero-order valence-electron chi connectivity index (χ0n) is 36.3. The molecular formula is C36H73N8O14PS. The van der Waals surface area contributed by atoms with Crippen LogP contribution in [0, 0.1) is 0 Å². The van der Waals surface area contributed by atoms with Gasteiger partial charge in [0.2, 0.25) is 29.5 Å². The molecule has 60 heavy (non-hydrogen) atoms. The Balaban J connectivity index is 5.53. The van der Waals surface area contributed by atoms with E-state index in [0.717, 1.165) is 0 Å². The first-order chi connectivity index (χ1) is 28.5. The zero-order chi connectivity index (χ0) is 45.3. The van der Waals surface area contributed by atoms with E-state index in [9.17, 15) is 28.5 Å². The van der Waals surface area contributed by atoms with Gasteiger partial charge in [-0.3, -0.25) is 28.5 Å². The van der Waals surface area contributed by atoms with Crippen molar-refractivity contribution in [3.8, 4) is 0 Å². The third-order valence-electron chi connectivity index (χ3n) is 8.52. The number of hydrogen-bond acceptors (Lipinski definition) is 18. The van der Waals surface area contributed by atoms with Crippen molar-refractivity contribution in [2.45, 2.75) is 103 Å². The summed E-state index contributed by atoms with van der Waals surface area (Å²) in [6, 6.07) is -2.22. The first-order valence-corrected chi connectivity index (χ1v) is 23.7. The molecule has 0 aromatic carbocycles. The maximum atomic E-state index is 13.3. The highest BCUT2D eigenvalue weighted by Crippen LogP contribution is 2.60. The van der Waals surface area contributed by atoms with E-state index in [-0.39, 0.29) is 117 Å². The quantitative estimate of drug-likeness (QED) is 0.0227. The van der Waals surface area contributed by atoms with Gasteiger partial charge < -0.3 is 64.6 Å². The van der Waals surface area contributed by atoms with Gasteiger partial charge in [-0.1, -0.05) is 18.3 Å². The van der Waals surface area contributed by atoms with Gasteiger partial charge in [0.05, 0.1) is 77.3 Å². The number of ether oxygens (including phenoxy) is 4. The number of rotatable bonds is 39. The van der Waals surface area contributed by atoms with Gasteiger partial charge in [-0.2, -0.15) is 0 Å². The first-order valence-electron chi connectivity index (χ1n) is 20.1. The van der Waals surface area contributed by atoms with Crippen LogP contribution in [0.3, 0.4) is 0 Å². The molecule has 0 spiro atoms. The number of carbonyl (C=O) groups excluding carboxylic acids is 5. The third kappa shape index (κ3) is 30.5. The minimum atomic E-state index is -2.81. The van der Waals surface area contributed by atoms with Gasteiger partial charge in [0, 0.05) is 45.1 Å². The van der Waals surface area contributed by atoms with Crippen molar-refractivity contribution in [1.29, 1.82) is 0 Å². The van der Waals surface area contributed by atoms with Crippen LogP contribution in [0.1, 0.15) is 79.6 Å². The van der Waals surface area contributed by atoms with Gasteiger partial charge in [-0.25, -0.2) is 17.7 Å². The molecule has 24 heteroatoms. The van der Waals surface area contributed by atoms with Crippen LogP contribution in [0.2, 0.25) is 0 Å². The summed E-state index contributed by atoms with van der Waals surface area (Å²) in [5, 5.41) is 13.4. The molecule has 0 radical (unpaired) electrons. The number of nitrogens with one attached hydrogen (secondary N) is 5. The highest BCUT2D eigenvalue weighted by molar-refractivity contribution is 8.56. The van der Waals surface area contributed by atoms with Crippen LogP contribution in [0.15, 0.2) is 0 Å². The number of amides is 5. The van der Waals surface area contributed by atoms with Crippen molar-refractivity contribution in [3.63, 3.8) is 0 Å². The highest BCUT2D eigenvalue weighted by Gasteiger charge is 2.31. The molecule has 0 saturated heterocycles. The fourth-order valence-electron chi connectivity index (χ4n) is 5.05. The van der Waals surface area contributed by atoms with Gasteiger partial charge in [0.25, 0.3) is 6.57 Å². The van der Waals surface area contributed by atoms with E-state index in [4.69, 9.17) is 41.2 Å². The Hall–Kier alpha value is -2.51. The van der Waals surface area contributed by atoms with Crippen LogP contribution < -0.4 is 44.3 Å². The van der Waals surface area contributed by atoms with Crippen molar-refractivity contribution in [2.24, 2.45) is 17.7 Å². The SMILES string of the molecule is CCP(=O)(OC(C)(C)CCOC(C)(C)CCC(=O)NC(CCC(=O)NC(CCC(=O)NCCOCCON)C(=O)NCCOCCON)C(=O)NCCOCCON)SC. The topological polar surface area (TPSA) is 314 Å². The maximum absolute atomic E-state index is 13.3. The van der Waals surface area contributed by atoms with Gasteiger partial charge in [0.15, 0.2) is 0 Å². The van der Waals surface area contributed by atoms with Crippen LogP contribution in [0.4, 0.5) is 0 Å². The van der Waals surface area contributed by atoms with Crippen molar-refractivity contribution in [1.82, 2.24) is 26.6 Å². The van der Waals surface area contributed by atoms with Crippen molar-refractivity contribution < 1.29 is 66.5 Å². The molecule has 11 N–H and O–H groups in total. The van der Waals surface area contributed by atoms with E-state index in [1.54, 1.807) is 6.26 Å². The molecule has 0 fully saturated rings. The molecule has 0 aromatic rings. The smallest absolute Gasteiger partial charge is 0.257 e. The average molecular weight is 905 g/mol. The predicted octanol–water partition coefficient (Wildman–Crippen LogP) is -0.0776. The zero-order valence-corrected chi connectivity index (χ0v) is 38.0. The van der Waals surface area contributed by atoms with Crippen LogP contribution in [-0.2, 0) is 66.5 Å². The second-order valence-electron chi connectivity index (χ2n) is 14.5. The number of nitrogens with two attached hydrogens (primary N) is 3. The Bertz CT molecular complexity index is 1270. The molecule has 0 bridgehead atoms. The lowest BCUT2D eigenvalue weighted by atomic mass is 10.0. The van der Waals surface area contributed by atoms with Crippen LogP contribution >= 0.6 is 18.0 Å². The van der Waals surface area contributed by atoms with E-state index >= 15 is 0 Å².